The summed E-state index contributed by atoms with van der Waals surface area (Å²) in [6.45, 7) is 6.54. The lowest BCUT2D eigenvalue weighted by molar-refractivity contribution is 0.534. The number of aromatic nitrogens is 2. The fourth-order valence-electron chi connectivity index (χ4n) is 3.66. The van der Waals surface area contributed by atoms with Gasteiger partial charge in [-0.2, -0.15) is 0 Å². The molecule has 0 aliphatic carbocycles. The van der Waals surface area contributed by atoms with Crippen LogP contribution in [-0.2, 0) is 13.5 Å². The summed E-state index contributed by atoms with van der Waals surface area (Å²) >= 11 is 0. The van der Waals surface area contributed by atoms with E-state index in [0.29, 0.717) is 0 Å². The van der Waals surface area contributed by atoms with Crippen molar-refractivity contribution < 1.29 is 0 Å². The predicted octanol–water partition coefficient (Wildman–Crippen LogP) is 7.06. The minimum Gasteiger partial charge on any atom is -0.335 e. The lowest BCUT2D eigenvalue weighted by atomic mass is 10.0. The summed E-state index contributed by atoms with van der Waals surface area (Å²) in [6.07, 6.45) is 21.2. The maximum Gasteiger partial charge on any atom is 0.105 e. The molecule has 2 nitrogen and oxygen atoms in total. The molecule has 0 aromatic carbocycles. The lowest BCUT2D eigenvalue weighted by Crippen LogP contribution is -1.99. The van der Waals surface area contributed by atoms with Crippen molar-refractivity contribution in [2.45, 2.75) is 117 Å². The average Bonchev–Trinajstić information content (AvgIpc) is 2.81. The molecule has 0 saturated heterocycles. The number of hydrogen-bond acceptors (Lipinski definition) is 1. The van der Waals surface area contributed by atoms with Crippen molar-refractivity contribution >= 4 is 0 Å². The van der Waals surface area contributed by atoms with Crippen LogP contribution in [0, 0.1) is 13.8 Å². The highest BCUT2D eigenvalue weighted by molar-refractivity contribution is 5.14. The van der Waals surface area contributed by atoms with E-state index in [1.54, 1.807) is 0 Å². The first-order chi connectivity index (χ1) is 11.7. The summed E-state index contributed by atoms with van der Waals surface area (Å²) in [5.74, 6) is 1.15. The Labute approximate surface area is 151 Å². The molecule has 0 unspecified atom stereocenters. The van der Waals surface area contributed by atoms with Gasteiger partial charge >= 0.3 is 0 Å². The Morgan fingerprint density at radius 1 is 0.667 bits per heavy atom. The first-order valence-corrected chi connectivity index (χ1v) is 10.7. The molecule has 0 aliphatic heterocycles. The van der Waals surface area contributed by atoms with Crippen LogP contribution in [0.5, 0.6) is 0 Å². The third-order valence-corrected chi connectivity index (χ3v) is 5.40. The fourth-order valence-corrected chi connectivity index (χ4v) is 3.66. The quantitative estimate of drug-likeness (QED) is 0.314. The second kappa shape index (κ2) is 13.5. The zero-order chi connectivity index (χ0) is 17.6. The highest BCUT2D eigenvalue weighted by atomic mass is 15.1. The van der Waals surface area contributed by atoms with E-state index in [1.807, 2.05) is 0 Å². The van der Waals surface area contributed by atoms with Gasteiger partial charge in [0.05, 0.1) is 5.69 Å². The van der Waals surface area contributed by atoms with Gasteiger partial charge in [0.1, 0.15) is 5.82 Å². The van der Waals surface area contributed by atoms with Crippen LogP contribution in [-0.4, -0.2) is 9.55 Å². The molecule has 0 aliphatic rings. The molecule has 1 aromatic rings. The molecule has 2 heteroatoms. The van der Waals surface area contributed by atoms with E-state index < -0.39 is 0 Å². The largest absolute Gasteiger partial charge is 0.335 e. The number of hydrogen-bond donors (Lipinski definition) is 0. The highest BCUT2D eigenvalue weighted by Gasteiger charge is 2.07. The van der Waals surface area contributed by atoms with Crippen LogP contribution < -0.4 is 0 Å². The fraction of sp³-hybridized carbons (Fsp3) is 0.864. The maximum atomic E-state index is 4.56. The normalized spacial score (nSPS) is 11.3. The molecule has 24 heavy (non-hydrogen) atoms. The first-order valence-electron chi connectivity index (χ1n) is 10.7. The summed E-state index contributed by atoms with van der Waals surface area (Å²) in [6, 6.07) is 0. The van der Waals surface area contributed by atoms with Crippen LogP contribution in [0.25, 0.3) is 0 Å². The predicted molar refractivity (Wildman–Crippen MR) is 107 cm³/mol. The van der Waals surface area contributed by atoms with E-state index in [0.717, 1.165) is 5.82 Å². The minimum absolute atomic E-state index is 1.15. The van der Waals surface area contributed by atoms with Crippen LogP contribution in [0.15, 0.2) is 0 Å². The average molecular weight is 335 g/mol. The molecule has 0 amide bonds. The zero-order valence-corrected chi connectivity index (χ0v) is 17.0. The number of imidazole rings is 1. The van der Waals surface area contributed by atoms with Gasteiger partial charge in [-0.3, -0.25) is 0 Å². The van der Waals surface area contributed by atoms with E-state index in [1.165, 1.54) is 108 Å². The molecule has 1 heterocycles. The molecular formula is C22H42N2. The van der Waals surface area contributed by atoms with Gasteiger partial charge in [-0.05, 0) is 26.7 Å². The lowest BCUT2D eigenvalue weighted by Gasteiger charge is -2.05. The number of nitrogens with zero attached hydrogens (tertiary/aromatic N) is 2. The van der Waals surface area contributed by atoms with Gasteiger partial charge in [0.15, 0.2) is 0 Å². The van der Waals surface area contributed by atoms with Crippen LogP contribution in [0.2, 0.25) is 0 Å². The van der Waals surface area contributed by atoms with Gasteiger partial charge in [0, 0.05) is 12.7 Å². The maximum absolute atomic E-state index is 4.56. The summed E-state index contributed by atoms with van der Waals surface area (Å²) < 4.78 is 2.26. The van der Waals surface area contributed by atoms with Gasteiger partial charge < -0.3 is 4.57 Å². The monoisotopic (exact) mass is 334 g/mol. The molecule has 0 radical (unpaired) electrons. The van der Waals surface area contributed by atoms with E-state index in [-0.39, 0.29) is 0 Å². The Kier molecular flexibility index (Phi) is 12.0. The number of rotatable bonds is 15. The van der Waals surface area contributed by atoms with E-state index in [9.17, 15) is 0 Å². The molecule has 1 aromatic heterocycles. The molecule has 0 atom stereocenters. The van der Waals surface area contributed by atoms with E-state index in [4.69, 9.17) is 0 Å². The molecule has 0 fully saturated rings. The molecule has 140 valence electrons. The van der Waals surface area contributed by atoms with Gasteiger partial charge in [0.2, 0.25) is 0 Å². The molecular weight excluding hydrogens is 292 g/mol. The van der Waals surface area contributed by atoms with Crippen molar-refractivity contribution in [3.8, 4) is 0 Å². The van der Waals surface area contributed by atoms with E-state index in [2.05, 4.69) is 37.4 Å². The minimum atomic E-state index is 1.15. The van der Waals surface area contributed by atoms with Crippen molar-refractivity contribution in [1.82, 2.24) is 9.55 Å². The van der Waals surface area contributed by atoms with Crippen molar-refractivity contribution in [2.75, 3.05) is 0 Å². The summed E-state index contributed by atoms with van der Waals surface area (Å²) in [5, 5.41) is 0. The summed E-state index contributed by atoms with van der Waals surface area (Å²) in [5.41, 5.74) is 2.66. The topological polar surface area (TPSA) is 17.8 Å². The van der Waals surface area contributed by atoms with Crippen LogP contribution in [0.1, 0.15) is 114 Å². The smallest absolute Gasteiger partial charge is 0.105 e. The first kappa shape index (κ1) is 21.3. The van der Waals surface area contributed by atoms with Gasteiger partial charge in [-0.15, -0.1) is 0 Å². The Hall–Kier alpha value is -0.790. The Bertz CT molecular complexity index is 420. The molecule has 0 N–H and O–H groups in total. The van der Waals surface area contributed by atoms with Crippen LogP contribution in [0.4, 0.5) is 0 Å². The highest BCUT2D eigenvalue weighted by Crippen LogP contribution is 2.15. The molecule has 0 saturated carbocycles. The van der Waals surface area contributed by atoms with Crippen LogP contribution in [0.3, 0.4) is 0 Å². The van der Waals surface area contributed by atoms with Crippen molar-refractivity contribution in [2.24, 2.45) is 7.05 Å². The van der Waals surface area contributed by atoms with E-state index >= 15 is 0 Å². The number of aryl methyl sites for hydroxylation is 2. The molecule has 0 spiro atoms. The second-order valence-corrected chi connectivity index (χ2v) is 7.60. The summed E-state index contributed by atoms with van der Waals surface area (Å²) in [4.78, 5) is 4.56. The van der Waals surface area contributed by atoms with Gasteiger partial charge in [-0.25, -0.2) is 4.98 Å². The van der Waals surface area contributed by atoms with Crippen molar-refractivity contribution in [3.05, 3.63) is 17.2 Å². The summed E-state index contributed by atoms with van der Waals surface area (Å²) in [7, 11) is 2.15. The van der Waals surface area contributed by atoms with Crippen LogP contribution >= 0.6 is 0 Å². The Balaban J connectivity index is 1.86. The van der Waals surface area contributed by atoms with Crippen molar-refractivity contribution in [1.29, 1.82) is 0 Å². The number of unbranched alkanes of at least 4 members (excludes halogenated alkanes) is 13. The van der Waals surface area contributed by atoms with Gasteiger partial charge in [-0.1, -0.05) is 90.4 Å². The zero-order valence-electron chi connectivity index (χ0n) is 17.0. The molecule has 0 bridgehead atoms. The third kappa shape index (κ3) is 8.89. The third-order valence-electron chi connectivity index (χ3n) is 5.40. The van der Waals surface area contributed by atoms with Gasteiger partial charge in [0.25, 0.3) is 0 Å². The Morgan fingerprint density at radius 2 is 1.08 bits per heavy atom. The Morgan fingerprint density at radius 3 is 1.46 bits per heavy atom. The standard InChI is InChI=1S/C22H42N2/c1-5-6-7-8-9-10-11-12-13-14-15-16-17-18-19-22-20(2)23-21(3)24(22)4/h5-19H2,1-4H3. The second-order valence-electron chi connectivity index (χ2n) is 7.60. The SMILES string of the molecule is CCCCCCCCCCCCCCCCc1c(C)nc(C)n1C. The van der Waals surface area contributed by atoms with Crippen molar-refractivity contribution in [3.63, 3.8) is 0 Å². The molecule has 1 rings (SSSR count).